The van der Waals surface area contributed by atoms with Gasteiger partial charge in [0.25, 0.3) is 0 Å². The fourth-order valence-corrected chi connectivity index (χ4v) is 4.16. The molecule has 126 valence electrons. The highest BCUT2D eigenvalue weighted by Gasteiger charge is 2.51. The number of nitrogens with one attached hydrogen (secondary N) is 2. The molecule has 6 nitrogen and oxygen atoms in total. The number of likely N-dealkylation sites (tertiary alicyclic amines) is 1. The standard InChI is InChI=1S/C17H27N5O/c1-12(2)20-16(23)21-8-6-17(10-21)15-14(18-11-19-15)5-7-22(17)9-13-3-4-13/h11-13H,3-10H2,1-2H3,(H,18,19)(H,20,23). The summed E-state index contributed by atoms with van der Waals surface area (Å²) in [6, 6.07) is 0.236. The van der Waals surface area contributed by atoms with Crippen molar-refractivity contribution in [2.45, 2.75) is 51.1 Å². The SMILES string of the molecule is CC(C)NC(=O)N1CCC2(C1)c1nc[nH]c1CCN2CC1CC1. The average molecular weight is 317 g/mol. The molecule has 2 amide bonds. The normalized spacial score (nSPS) is 27.7. The zero-order valence-corrected chi connectivity index (χ0v) is 14.1. The minimum absolute atomic E-state index is 0.0610. The van der Waals surface area contributed by atoms with Gasteiger partial charge in [-0.3, -0.25) is 4.90 Å². The van der Waals surface area contributed by atoms with Crippen molar-refractivity contribution in [1.29, 1.82) is 0 Å². The van der Waals surface area contributed by atoms with Crippen LogP contribution in [0.4, 0.5) is 4.79 Å². The highest BCUT2D eigenvalue weighted by molar-refractivity contribution is 5.75. The zero-order valence-electron chi connectivity index (χ0n) is 14.1. The van der Waals surface area contributed by atoms with Crippen molar-refractivity contribution in [3.63, 3.8) is 0 Å². The second-order valence-electron chi connectivity index (χ2n) is 7.68. The van der Waals surface area contributed by atoms with E-state index in [0.717, 1.165) is 44.9 Å². The van der Waals surface area contributed by atoms with E-state index >= 15 is 0 Å². The van der Waals surface area contributed by atoms with Gasteiger partial charge >= 0.3 is 6.03 Å². The Morgan fingerprint density at radius 2 is 2.30 bits per heavy atom. The van der Waals surface area contributed by atoms with Crippen LogP contribution < -0.4 is 5.32 Å². The summed E-state index contributed by atoms with van der Waals surface area (Å²) in [5, 5.41) is 3.03. The fraction of sp³-hybridized carbons (Fsp3) is 0.765. The van der Waals surface area contributed by atoms with Crippen molar-refractivity contribution in [3.8, 4) is 0 Å². The van der Waals surface area contributed by atoms with Gasteiger partial charge < -0.3 is 15.2 Å². The third-order valence-electron chi connectivity index (χ3n) is 5.52. The molecular weight excluding hydrogens is 290 g/mol. The van der Waals surface area contributed by atoms with Crippen LogP contribution in [0, 0.1) is 5.92 Å². The van der Waals surface area contributed by atoms with Gasteiger partial charge in [0.15, 0.2) is 0 Å². The van der Waals surface area contributed by atoms with Crippen LogP contribution in [0.1, 0.15) is 44.5 Å². The van der Waals surface area contributed by atoms with E-state index in [9.17, 15) is 4.79 Å². The van der Waals surface area contributed by atoms with E-state index < -0.39 is 0 Å². The molecule has 1 saturated carbocycles. The van der Waals surface area contributed by atoms with Gasteiger partial charge in [0.1, 0.15) is 0 Å². The molecule has 3 aliphatic rings. The molecule has 2 fully saturated rings. The summed E-state index contributed by atoms with van der Waals surface area (Å²) in [6.07, 6.45) is 6.57. The van der Waals surface area contributed by atoms with Gasteiger partial charge in [-0.25, -0.2) is 9.78 Å². The lowest BCUT2D eigenvalue weighted by atomic mass is 9.86. The fourth-order valence-electron chi connectivity index (χ4n) is 4.16. The molecule has 1 aromatic heterocycles. The van der Waals surface area contributed by atoms with E-state index in [1.807, 2.05) is 25.1 Å². The number of fused-ring (bicyclic) bond motifs is 2. The maximum atomic E-state index is 12.4. The third kappa shape index (κ3) is 2.63. The summed E-state index contributed by atoms with van der Waals surface area (Å²) in [6.45, 7) is 7.82. The summed E-state index contributed by atoms with van der Waals surface area (Å²) >= 11 is 0. The van der Waals surface area contributed by atoms with Crippen molar-refractivity contribution < 1.29 is 4.79 Å². The van der Waals surface area contributed by atoms with Gasteiger partial charge in [0, 0.05) is 44.3 Å². The van der Waals surface area contributed by atoms with Crippen LogP contribution in [0.2, 0.25) is 0 Å². The Hall–Kier alpha value is -1.56. The lowest BCUT2D eigenvalue weighted by Crippen LogP contribution is -2.54. The Morgan fingerprint density at radius 1 is 1.48 bits per heavy atom. The van der Waals surface area contributed by atoms with E-state index in [4.69, 9.17) is 0 Å². The molecule has 1 aliphatic carbocycles. The summed E-state index contributed by atoms with van der Waals surface area (Å²) in [4.78, 5) is 25.0. The van der Waals surface area contributed by atoms with Gasteiger partial charge in [-0.15, -0.1) is 0 Å². The van der Waals surface area contributed by atoms with E-state index in [1.54, 1.807) is 0 Å². The number of rotatable bonds is 3. The number of amides is 2. The molecule has 23 heavy (non-hydrogen) atoms. The lowest BCUT2D eigenvalue weighted by molar-refractivity contribution is 0.0721. The first-order chi connectivity index (χ1) is 11.1. The Kier molecular flexibility index (Phi) is 3.59. The van der Waals surface area contributed by atoms with Gasteiger partial charge in [-0.1, -0.05) is 0 Å². The Morgan fingerprint density at radius 3 is 3.04 bits per heavy atom. The van der Waals surface area contributed by atoms with Crippen LogP contribution in [-0.4, -0.2) is 58.0 Å². The Labute approximate surface area is 137 Å². The number of aromatic amines is 1. The molecule has 1 aromatic rings. The molecule has 1 atom stereocenters. The van der Waals surface area contributed by atoms with Gasteiger partial charge in [0.2, 0.25) is 0 Å². The monoisotopic (exact) mass is 317 g/mol. The topological polar surface area (TPSA) is 64.3 Å². The number of hydrogen-bond acceptors (Lipinski definition) is 3. The number of aromatic nitrogens is 2. The van der Waals surface area contributed by atoms with E-state index in [0.29, 0.717) is 0 Å². The first-order valence-electron chi connectivity index (χ1n) is 8.92. The summed E-state index contributed by atoms with van der Waals surface area (Å²) in [5.41, 5.74) is 2.37. The number of carbonyl (C=O) groups is 1. The van der Waals surface area contributed by atoms with Crippen molar-refractivity contribution in [2.75, 3.05) is 26.2 Å². The molecule has 3 heterocycles. The minimum atomic E-state index is -0.0789. The van der Waals surface area contributed by atoms with Crippen LogP contribution in [0.5, 0.6) is 0 Å². The number of carbonyl (C=O) groups excluding carboxylic acids is 1. The lowest BCUT2D eigenvalue weighted by Gasteiger charge is -2.44. The Bertz CT molecular complexity index is 594. The molecule has 1 saturated heterocycles. The summed E-state index contributed by atoms with van der Waals surface area (Å²) in [7, 11) is 0. The second-order valence-corrected chi connectivity index (χ2v) is 7.68. The largest absolute Gasteiger partial charge is 0.348 e. The van der Waals surface area contributed by atoms with Gasteiger partial charge in [-0.05, 0) is 39.0 Å². The quantitative estimate of drug-likeness (QED) is 0.892. The molecule has 4 rings (SSSR count). The molecule has 6 heteroatoms. The zero-order chi connectivity index (χ0) is 16.0. The molecule has 0 aromatic carbocycles. The van der Waals surface area contributed by atoms with Crippen LogP contribution in [0.25, 0.3) is 0 Å². The minimum Gasteiger partial charge on any atom is -0.348 e. The molecule has 1 unspecified atom stereocenters. The smallest absolute Gasteiger partial charge is 0.317 e. The van der Waals surface area contributed by atoms with Crippen LogP contribution in [-0.2, 0) is 12.0 Å². The summed E-state index contributed by atoms with van der Waals surface area (Å²) < 4.78 is 0. The predicted octanol–water partition coefficient (Wildman–Crippen LogP) is 1.70. The maximum Gasteiger partial charge on any atom is 0.317 e. The Balaban J connectivity index is 1.59. The number of H-pyrrole nitrogens is 1. The van der Waals surface area contributed by atoms with Crippen LogP contribution >= 0.6 is 0 Å². The second kappa shape index (κ2) is 5.51. The number of urea groups is 1. The van der Waals surface area contributed by atoms with Crippen molar-refractivity contribution >= 4 is 6.03 Å². The molecule has 0 bridgehead atoms. The summed E-state index contributed by atoms with van der Waals surface area (Å²) in [5.74, 6) is 0.853. The molecule has 1 spiro atoms. The molecular formula is C17H27N5O. The molecule has 0 radical (unpaired) electrons. The molecule has 2 N–H and O–H groups in total. The first-order valence-corrected chi connectivity index (χ1v) is 8.92. The van der Waals surface area contributed by atoms with Gasteiger partial charge in [0.05, 0.1) is 17.6 Å². The average Bonchev–Trinajstić information content (AvgIpc) is 3.01. The van der Waals surface area contributed by atoms with Crippen molar-refractivity contribution in [1.82, 2.24) is 25.1 Å². The van der Waals surface area contributed by atoms with E-state index in [1.165, 1.54) is 24.2 Å². The van der Waals surface area contributed by atoms with E-state index in [2.05, 4.69) is 20.2 Å². The maximum absolute atomic E-state index is 12.4. The van der Waals surface area contributed by atoms with Crippen molar-refractivity contribution in [2.24, 2.45) is 5.92 Å². The number of hydrogen-bond donors (Lipinski definition) is 2. The van der Waals surface area contributed by atoms with Crippen LogP contribution in [0.15, 0.2) is 6.33 Å². The van der Waals surface area contributed by atoms with Crippen molar-refractivity contribution in [3.05, 3.63) is 17.7 Å². The highest BCUT2D eigenvalue weighted by atomic mass is 16.2. The molecule has 2 aliphatic heterocycles. The predicted molar refractivity (Wildman–Crippen MR) is 88.1 cm³/mol. The van der Waals surface area contributed by atoms with Gasteiger partial charge in [-0.2, -0.15) is 0 Å². The number of nitrogens with zero attached hydrogens (tertiary/aromatic N) is 3. The number of imidazole rings is 1. The van der Waals surface area contributed by atoms with E-state index in [-0.39, 0.29) is 17.6 Å². The first kappa shape index (κ1) is 15.0. The highest BCUT2D eigenvalue weighted by Crippen LogP contribution is 2.43. The van der Waals surface area contributed by atoms with Crippen LogP contribution in [0.3, 0.4) is 0 Å². The third-order valence-corrected chi connectivity index (χ3v) is 5.52.